The number of methoxy groups -OCH3 is 1. The Morgan fingerprint density at radius 1 is 1.13 bits per heavy atom. The molecule has 0 aromatic heterocycles. The van der Waals surface area contributed by atoms with Crippen LogP contribution in [0, 0.1) is 17.1 Å². The number of hydrogen-bond acceptors (Lipinski definition) is 4. The van der Waals surface area contributed by atoms with Crippen LogP contribution >= 0.6 is 15.9 Å². The fourth-order valence-corrected chi connectivity index (χ4v) is 3.36. The summed E-state index contributed by atoms with van der Waals surface area (Å²) in [4.78, 5) is 12.6. The second-order valence-electron chi connectivity index (χ2n) is 6.28. The highest BCUT2D eigenvalue weighted by atomic mass is 79.9. The van der Waals surface area contributed by atoms with Crippen LogP contribution in [-0.2, 0) is 6.61 Å². The lowest BCUT2D eigenvalue weighted by molar-refractivity contribution is 0.104. The molecule has 3 aromatic carbocycles. The van der Waals surface area contributed by atoms with Crippen LogP contribution in [0.3, 0.4) is 0 Å². The maximum absolute atomic E-state index is 13.8. The zero-order chi connectivity index (χ0) is 21.5. The second-order valence-corrected chi connectivity index (χ2v) is 7.13. The smallest absolute Gasteiger partial charge is 0.203 e. The van der Waals surface area contributed by atoms with E-state index in [0.717, 1.165) is 0 Å². The summed E-state index contributed by atoms with van der Waals surface area (Å²) in [5.74, 6) is 0.0560. The molecule has 0 saturated heterocycles. The molecular formula is C24H17BrFNO3. The molecule has 0 amide bonds. The predicted molar refractivity (Wildman–Crippen MR) is 116 cm³/mol. The molecule has 0 aliphatic rings. The highest BCUT2D eigenvalue weighted by Crippen LogP contribution is 2.38. The Balaban J connectivity index is 1.89. The van der Waals surface area contributed by atoms with Gasteiger partial charge in [-0.1, -0.05) is 48.5 Å². The van der Waals surface area contributed by atoms with Crippen molar-refractivity contribution in [1.29, 1.82) is 5.26 Å². The number of Topliss-reactive ketones (excluding diaryl/α,β-unsaturated/α-hetero) is 1. The predicted octanol–water partition coefficient (Wildman–Crippen LogP) is 5.97. The lowest BCUT2D eigenvalue weighted by Crippen LogP contribution is -2.02. The van der Waals surface area contributed by atoms with Gasteiger partial charge in [0.15, 0.2) is 11.5 Å². The van der Waals surface area contributed by atoms with Crippen LogP contribution in [0.15, 0.2) is 76.8 Å². The summed E-state index contributed by atoms with van der Waals surface area (Å²) in [7, 11) is 1.48. The third kappa shape index (κ3) is 4.94. The number of hydrogen-bond donors (Lipinski definition) is 0. The third-order valence-corrected chi connectivity index (χ3v) is 4.88. The molecule has 3 aromatic rings. The largest absolute Gasteiger partial charge is 0.493 e. The van der Waals surface area contributed by atoms with E-state index < -0.39 is 0 Å². The van der Waals surface area contributed by atoms with Gasteiger partial charge in [-0.25, -0.2) is 4.39 Å². The molecule has 0 unspecified atom stereocenters. The zero-order valence-corrected chi connectivity index (χ0v) is 17.6. The first-order chi connectivity index (χ1) is 14.5. The van der Waals surface area contributed by atoms with E-state index >= 15 is 0 Å². The fourth-order valence-electron chi connectivity index (χ4n) is 2.79. The maximum Gasteiger partial charge on any atom is 0.203 e. The van der Waals surface area contributed by atoms with Gasteiger partial charge in [0.05, 0.1) is 11.6 Å². The van der Waals surface area contributed by atoms with Gasteiger partial charge in [0, 0.05) is 11.1 Å². The van der Waals surface area contributed by atoms with Crippen LogP contribution in [0.1, 0.15) is 21.5 Å². The van der Waals surface area contributed by atoms with Crippen molar-refractivity contribution < 1.29 is 18.7 Å². The van der Waals surface area contributed by atoms with Crippen molar-refractivity contribution in [2.45, 2.75) is 6.61 Å². The van der Waals surface area contributed by atoms with E-state index in [0.29, 0.717) is 32.7 Å². The van der Waals surface area contributed by atoms with E-state index in [9.17, 15) is 14.4 Å². The molecule has 0 radical (unpaired) electrons. The Labute approximate surface area is 182 Å². The highest BCUT2D eigenvalue weighted by Gasteiger charge is 2.15. The second kappa shape index (κ2) is 9.86. The van der Waals surface area contributed by atoms with Crippen LogP contribution in [0.4, 0.5) is 4.39 Å². The lowest BCUT2D eigenvalue weighted by Gasteiger charge is -2.14. The van der Waals surface area contributed by atoms with E-state index in [-0.39, 0.29) is 23.8 Å². The SMILES string of the molecule is COc1cc(/C=C(\C#N)C(=O)c2ccccc2)cc(Br)c1OCc1ccccc1F. The van der Waals surface area contributed by atoms with E-state index in [1.165, 1.54) is 19.3 Å². The topological polar surface area (TPSA) is 59.3 Å². The molecule has 0 atom stereocenters. The maximum atomic E-state index is 13.8. The van der Waals surface area contributed by atoms with Crippen LogP contribution < -0.4 is 9.47 Å². The van der Waals surface area contributed by atoms with Crippen LogP contribution in [0.2, 0.25) is 0 Å². The first-order valence-electron chi connectivity index (χ1n) is 8.98. The quantitative estimate of drug-likeness (QED) is 0.245. The molecule has 0 aliphatic heterocycles. The molecule has 4 nitrogen and oxygen atoms in total. The number of ketones is 1. The number of nitrogens with zero attached hydrogens (tertiary/aromatic N) is 1. The minimum absolute atomic E-state index is 0.00446. The average molecular weight is 466 g/mol. The van der Waals surface area contributed by atoms with Gasteiger partial charge in [0.2, 0.25) is 5.78 Å². The number of benzene rings is 3. The molecule has 150 valence electrons. The number of carbonyl (C=O) groups excluding carboxylic acids is 1. The van der Waals surface area contributed by atoms with E-state index in [1.807, 2.05) is 6.07 Å². The van der Waals surface area contributed by atoms with Crippen molar-refractivity contribution in [1.82, 2.24) is 0 Å². The molecule has 0 spiro atoms. The van der Waals surface area contributed by atoms with Crippen molar-refractivity contribution in [2.24, 2.45) is 0 Å². The summed E-state index contributed by atoms with van der Waals surface area (Å²) in [5, 5.41) is 9.46. The molecule has 0 heterocycles. The molecule has 0 aliphatic carbocycles. The number of nitriles is 1. The van der Waals surface area contributed by atoms with Crippen molar-refractivity contribution in [3.05, 3.63) is 99.3 Å². The zero-order valence-electron chi connectivity index (χ0n) is 16.1. The Morgan fingerprint density at radius 2 is 1.83 bits per heavy atom. The Hall–Kier alpha value is -3.43. The molecule has 0 bridgehead atoms. The molecule has 6 heteroatoms. The minimum Gasteiger partial charge on any atom is -0.493 e. The lowest BCUT2D eigenvalue weighted by atomic mass is 10.0. The van der Waals surface area contributed by atoms with Gasteiger partial charge in [-0.15, -0.1) is 0 Å². The molecule has 30 heavy (non-hydrogen) atoms. The monoisotopic (exact) mass is 465 g/mol. The summed E-state index contributed by atoms with van der Waals surface area (Å²) < 4.78 is 25.6. The molecule has 0 saturated carbocycles. The van der Waals surface area contributed by atoms with Gasteiger partial charge in [-0.05, 0) is 45.8 Å². The van der Waals surface area contributed by atoms with E-state index in [4.69, 9.17) is 9.47 Å². The molecule has 0 fully saturated rings. The Morgan fingerprint density at radius 3 is 2.50 bits per heavy atom. The van der Waals surface area contributed by atoms with Crippen LogP contribution in [0.5, 0.6) is 11.5 Å². The first kappa shape index (κ1) is 21.3. The van der Waals surface area contributed by atoms with Gasteiger partial charge in [0.1, 0.15) is 24.1 Å². The first-order valence-corrected chi connectivity index (χ1v) is 9.78. The van der Waals surface area contributed by atoms with Crippen molar-refractivity contribution >= 4 is 27.8 Å². The van der Waals surface area contributed by atoms with Gasteiger partial charge in [0.25, 0.3) is 0 Å². The summed E-state index contributed by atoms with van der Waals surface area (Å²) >= 11 is 3.43. The minimum atomic E-state index is -0.368. The van der Waals surface area contributed by atoms with Crippen LogP contribution in [0.25, 0.3) is 6.08 Å². The Kier molecular flexibility index (Phi) is 6.99. The van der Waals surface area contributed by atoms with Crippen molar-refractivity contribution in [3.63, 3.8) is 0 Å². The van der Waals surface area contributed by atoms with Crippen molar-refractivity contribution in [2.75, 3.05) is 7.11 Å². The Bertz CT molecular complexity index is 1140. The van der Waals surface area contributed by atoms with Crippen LogP contribution in [-0.4, -0.2) is 12.9 Å². The van der Waals surface area contributed by atoms with Gasteiger partial charge in [-0.3, -0.25) is 4.79 Å². The number of carbonyl (C=O) groups is 1. The highest BCUT2D eigenvalue weighted by molar-refractivity contribution is 9.10. The number of allylic oxidation sites excluding steroid dienone is 1. The fraction of sp³-hybridized carbons (Fsp3) is 0.0833. The summed E-state index contributed by atoms with van der Waals surface area (Å²) in [5.41, 5.74) is 1.42. The van der Waals surface area contributed by atoms with Gasteiger partial charge < -0.3 is 9.47 Å². The number of ether oxygens (including phenoxy) is 2. The third-order valence-electron chi connectivity index (χ3n) is 4.29. The standard InChI is InChI=1S/C24H17BrFNO3/c1-29-22-13-16(11-19(14-27)23(28)17-7-3-2-4-8-17)12-20(25)24(22)30-15-18-9-5-6-10-21(18)26/h2-13H,15H2,1H3/b19-11+. The summed E-state index contributed by atoms with van der Waals surface area (Å²) in [6, 6.07) is 20.3. The molecule has 0 N–H and O–H groups in total. The normalized spacial score (nSPS) is 10.9. The van der Waals surface area contributed by atoms with Crippen molar-refractivity contribution in [3.8, 4) is 17.6 Å². The van der Waals surface area contributed by atoms with E-state index in [1.54, 1.807) is 60.7 Å². The summed E-state index contributed by atoms with van der Waals surface area (Å²) in [6.07, 6.45) is 1.49. The average Bonchev–Trinajstić information content (AvgIpc) is 2.77. The molecular weight excluding hydrogens is 449 g/mol. The van der Waals surface area contributed by atoms with E-state index in [2.05, 4.69) is 15.9 Å². The molecule has 3 rings (SSSR count). The number of rotatable bonds is 7. The van der Waals surface area contributed by atoms with Gasteiger partial charge >= 0.3 is 0 Å². The van der Waals surface area contributed by atoms with Gasteiger partial charge in [-0.2, -0.15) is 5.26 Å². The summed E-state index contributed by atoms with van der Waals surface area (Å²) in [6.45, 7) is 0.0206. The number of halogens is 2.